The topological polar surface area (TPSA) is 54.0 Å². The van der Waals surface area contributed by atoms with Gasteiger partial charge in [-0.05, 0) is 48.3 Å². The van der Waals surface area contributed by atoms with Crippen molar-refractivity contribution in [3.05, 3.63) is 21.9 Å². The fraction of sp³-hybridized carbons (Fsp3) is 0.500. The summed E-state index contributed by atoms with van der Waals surface area (Å²) in [6.45, 7) is 3.67. The van der Waals surface area contributed by atoms with Crippen LogP contribution in [0, 0.1) is 5.41 Å². The second-order valence-corrected chi connectivity index (χ2v) is 6.00. The number of nitrogens with one attached hydrogen (secondary N) is 2. The van der Waals surface area contributed by atoms with Crippen LogP contribution in [0.15, 0.2) is 16.7 Å². The molecule has 1 fully saturated rings. The summed E-state index contributed by atoms with van der Waals surface area (Å²) in [5.41, 5.74) is 0.299. The van der Waals surface area contributed by atoms with E-state index < -0.39 is 0 Å². The standard InChI is InChI=1S/C12H15BrClN3O/c1-12(3-2-4-15-7-12)11(18)17-8-5-9(13)10(14)16-6-8/h5-6,15H,2-4,7H2,1H3,(H,17,18). The molecular weight excluding hydrogens is 318 g/mol. The molecule has 4 nitrogen and oxygen atoms in total. The molecule has 0 bridgehead atoms. The minimum Gasteiger partial charge on any atom is -0.324 e. The van der Waals surface area contributed by atoms with Gasteiger partial charge in [-0.3, -0.25) is 4.79 Å². The first-order valence-corrected chi connectivity index (χ1v) is 7.02. The van der Waals surface area contributed by atoms with Gasteiger partial charge in [0.25, 0.3) is 0 Å². The molecule has 0 spiro atoms. The van der Waals surface area contributed by atoms with Gasteiger partial charge in [0.1, 0.15) is 5.15 Å². The molecule has 6 heteroatoms. The van der Waals surface area contributed by atoms with E-state index in [9.17, 15) is 4.79 Å². The van der Waals surface area contributed by atoms with Crippen LogP contribution in [0.3, 0.4) is 0 Å². The summed E-state index contributed by atoms with van der Waals surface area (Å²) in [6.07, 6.45) is 3.48. The Morgan fingerprint density at radius 2 is 2.44 bits per heavy atom. The summed E-state index contributed by atoms with van der Waals surface area (Å²) in [7, 11) is 0. The molecule has 0 saturated carbocycles. The van der Waals surface area contributed by atoms with Crippen molar-refractivity contribution in [2.75, 3.05) is 18.4 Å². The molecule has 1 unspecified atom stereocenters. The van der Waals surface area contributed by atoms with E-state index in [0.29, 0.717) is 21.9 Å². The molecule has 2 rings (SSSR count). The van der Waals surface area contributed by atoms with E-state index in [0.717, 1.165) is 19.4 Å². The van der Waals surface area contributed by atoms with Crippen molar-refractivity contribution in [3.8, 4) is 0 Å². The molecule has 1 atom stereocenters. The number of rotatable bonds is 2. The molecule has 2 N–H and O–H groups in total. The van der Waals surface area contributed by atoms with Crippen LogP contribution in [0.4, 0.5) is 5.69 Å². The van der Waals surface area contributed by atoms with E-state index in [1.165, 1.54) is 0 Å². The number of aromatic nitrogens is 1. The largest absolute Gasteiger partial charge is 0.324 e. The number of hydrogen-bond donors (Lipinski definition) is 2. The fourth-order valence-electron chi connectivity index (χ4n) is 2.02. The summed E-state index contributed by atoms with van der Waals surface area (Å²) in [6, 6.07) is 1.76. The summed E-state index contributed by atoms with van der Waals surface area (Å²) in [5.74, 6) is 0.0192. The SMILES string of the molecule is CC1(C(=O)Nc2cnc(Cl)c(Br)c2)CCCNC1. The number of anilines is 1. The molecule has 1 aromatic rings. The molecule has 2 heterocycles. The van der Waals surface area contributed by atoms with Crippen molar-refractivity contribution in [1.82, 2.24) is 10.3 Å². The highest BCUT2D eigenvalue weighted by molar-refractivity contribution is 9.10. The van der Waals surface area contributed by atoms with Crippen molar-refractivity contribution < 1.29 is 4.79 Å². The van der Waals surface area contributed by atoms with E-state index in [1.54, 1.807) is 12.3 Å². The highest BCUT2D eigenvalue weighted by Crippen LogP contribution is 2.28. The lowest BCUT2D eigenvalue weighted by atomic mass is 9.82. The molecule has 1 amide bonds. The normalized spacial score (nSPS) is 23.7. The maximum Gasteiger partial charge on any atom is 0.231 e. The molecule has 0 aromatic carbocycles. The first kappa shape index (κ1) is 13.8. The van der Waals surface area contributed by atoms with E-state index >= 15 is 0 Å². The lowest BCUT2D eigenvalue weighted by Gasteiger charge is -2.32. The fourth-order valence-corrected chi connectivity index (χ4v) is 2.47. The van der Waals surface area contributed by atoms with Crippen molar-refractivity contribution in [2.24, 2.45) is 5.41 Å². The first-order valence-electron chi connectivity index (χ1n) is 5.84. The summed E-state index contributed by atoms with van der Waals surface area (Å²) in [5, 5.41) is 6.53. The van der Waals surface area contributed by atoms with E-state index in [1.807, 2.05) is 6.92 Å². The van der Waals surface area contributed by atoms with Crippen molar-refractivity contribution in [2.45, 2.75) is 19.8 Å². The Labute approximate surface area is 120 Å². The quantitative estimate of drug-likeness (QED) is 0.819. The minimum atomic E-state index is -0.357. The molecule has 1 aromatic heterocycles. The Morgan fingerprint density at radius 3 is 3.06 bits per heavy atom. The van der Waals surface area contributed by atoms with Crippen LogP contribution in [-0.4, -0.2) is 24.0 Å². The number of piperidine rings is 1. The van der Waals surface area contributed by atoms with Crippen LogP contribution in [0.25, 0.3) is 0 Å². The Morgan fingerprint density at radius 1 is 1.67 bits per heavy atom. The molecule has 98 valence electrons. The lowest BCUT2D eigenvalue weighted by Crippen LogP contribution is -2.46. The van der Waals surface area contributed by atoms with E-state index in [-0.39, 0.29) is 11.3 Å². The van der Waals surface area contributed by atoms with Crippen LogP contribution in [0.5, 0.6) is 0 Å². The Hall–Kier alpha value is -0.650. The number of pyridine rings is 1. The predicted molar refractivity (Wildman–Crippen MR) is 75.8 cm³/mol. The molecule has 0 aliphatic carbocycles. The zero-order chi connectivity index (χ0) is 13.2. The Bertz CT molecular complexity index is 461. The van der Waals surface area contributed by atoms with Gasteiger partial charge < -0.3 is 10.6 Å². The third kappa shape index (κ3) is 3.02. The summed E-state index contributed by atoms with van der Waals surface area (Å²) < 4.78 is 0.675. The molecule has 1 saturated heterocycles. The van der Waals surface area contributed by atoms with Crippen LogP contribution in [0.2, 0.25) is 5.15 Å². The van der Waals surface area contributed by atoms with Gasteiger partial charge in [0.2, 0.25) is 5.91 Å². The molecule has 0 radical (unpaired) electrons. The Balaban J connectivity index is 2.08. The number of nitrogens with zero attached hydrogens (tertiary/aromatic N) is 1. The third-order valence-electron chi connectivity index (χ3n) is 3.20. The maximum absolute atomic E-state index is 12.3. The van der Waals surface area contributed by atoms with Gasteiger partial charge in [-0.2, -0.15) is 0 Å². The smallest absolute Gasteiger partial charge is 0.231 e. The molecule has 18 heavy (non-hydrogen) atoms. The molecule has 1 aliphatic heterocycles. The van der Waals surface area contributed by atoms with E-state index in [2.05, 4.69) is 31.5 Å². The van der Waals surface area contributed by atoms with Gasteiger partial charge in [0.15, 0.2) is 0 Å². The third-order valence-corrected chi connectivity index (χ3v) is 4.33. The highest BCUT2D eigenvalue weighted by Gasteiger charge is 2.34. The zero-order valence-corrected chi connectivity index (χ0v) is 12.4. The number of halogens is 2. The predicted octanol–water partition coefficient (Wildman–Crippen LogP) is 2.83. The van der Waals surface area contributed by atoms with E-state index in [4.69, 9.17) is 11.6 Å². The van der Waals surface area contributed by atoms with Crippen molar-refractivity contribution >= 4 is 39.1 Å². The Kier molecular flexibility index (Phi) is 4.25. The lowest BCUT2D eigenvalue weighted by molar-refractivity contribution is -0.125. The van der Waals surface area contributed by atoms with Crippen LogP contribution in [-0.2, 0) is 4.79 Å². The van der Waals surface area contributed by atoms with Gasteiger partial charge in [-0.25, -0.2) is 4.98 Å². The average Bonchev–Trinajstić information content (AvgIpc) is 2.35. The highest BCUT2D eigenvalue weighted by atomic mass is 79.9. The minimum absolute atomic E-state index is 0.0192. The first-order chi connectivity index (χ1) is 8.51. The number of carbonyl (C=O) groups is 1. The monoisotopic (exact) mass is 331 g/mol. The van der Waals surface area contributed by atoms with Crippen molar-refractivity contribution in [1.29, 1.82) is 0 Å². The number of amides is 1. The maximum atomic E-state index is 12.3. The van der Waals surface area contributed by atoms with Crippen molar-refractivity contribution in [3.63, 3.8) is 0 Å². The second-order valence-electron chi connectivity index (χ2n) is 4.79. The summed E-state index contributed by atoms with van der Waals surface area (Å²) >= 11 is 9.10. The van der Waals surface area contributed by atoms with Gasteiger partial charge in [-0.1, -0.05) is 11.6 Å². The van der Waals surface area contributed by atoms with Crippen LogP contribution < -0.4 is 10.6 Å². The number of carbonyl (C=O) groups excluding carboxylic acids is 1. The van der Waals surface area contributed by atoms with Gasteiger partial charge >= 0.3 is 0 Å². The number of hydrogen-bond acceptors (Lipinski definition) is 3. The van der Waals surface area contributed by atoms with Gasteiger partial charge in [-0.15, -0.1) is 0 Å². The van der Waals surface area contributed by atoms with Crippen LogP contribution >= 0.6 is 27.5 Å². The van der Waals surface area contributed by atoms with Crippen LogP contribution in [0.1, 0.15) is 19.8 Å². The second kappa shape index (κ2) is 5.55. The summed E-state index contributed by atoms with van der Waals surface area (Å²) in [4.78, 5) is 16.2. The van der Waals surface area contributed by atoms with Gasteiger partial charge in [0.05, 0.1) is 21.8 Å². The average molecular weight is 333 g/mol. The zero-order valence-electron chi connectivity index (χ0n) is 10.1. The van der Waals surface area contributed by atoms with Gasteiger partial charge in [0, 0.05) is 6.54 Å². The molecule has 1 aliphatic rings. The molecular formula is C12H15BrClN3O.